The molecular weight excluding hydrogens is 314 g/mol. The zero-order chi connectivity index (χ0) is 19.3. The average Bonchev–Trinajstić information content (AvgIpc) is 2.65. The predicted molar refractivity (Wildman–Crippen MR) is 121 cm³/mol. The molecule has 0 saturated heterocycles. The van der Waals surface area contributed by atoms with Gasteiger partial charge in [-0.25, -0.2) is 0 Å². The lowest BCUT2D eigenvalue weighted by Gasteiger charge is -2.39. The van der Waals surface area contributed by atoms with Crippen LogP contribution in [-0.4, -0.2) is 30.7 Å². The molecule has 0 aromatic rings. The molecule has 0 aromatic heterocycles. The number of nitrogens with zero attached hydrogens (tertiary/aromatic N) is 1. The largest absolute Gasteiger partial charge is 0.324 e. The van der Waals surface area contributed by atoms with Gasteiger partial charge in [0.1, 0.15) is 0 Å². The molecule has 0 radical (unpaired) electrons. The van der Waals surface area contributed by atoms with E-state index in [2.05, 4.69) is 27.7 Å². The molecule has 0 aliphatic heterocycles. The van der Waals surface area contributed by atoms with E-state index in [0.717, 1.165) is 0 Å². The van der Waals surface area contributed by atoms with Gasteiger partial charge in [-0.3, -0.25) is 0 Å². The van der Waals surface area contributed by atoms with Crippen LogP contribution in [0.5, 0.6) is 0 Å². The quantitative estimate of drug-likeness (QED) is 0.141. The molecule has 0 heterocycles. The van der Waals surface area contributed by atoms with Gasteiger partial charge in [-0.05, 0) is 32.1 Å². The summed E-state index contributed by atoms with van der Waals surface area (Å²) in [7, 11) is 0. The normalized spacial score (nSPS) is 12.0. The first-order valence-corrected chi connectivity index (χ1v) is 12.6. The van der Waals surface area contributed by atoms with Gasteiger partial charge >= 0.3 is 0 Å². The molecule has 26 heavy (non-hydrogen) atoms. The van der Waals surface area contributed by atoms with Gasteiger partial charge in [-0.2, -0.15) is 0 Å². The fourth-order valence-corrected chi connectivity index (χ4v) is 4.42. The summed E-state index contributed by atoms with van der Waals surface area (Å²) in [6.07, 6.45) is 24.5. The van der Waals surface area contributed by atoms with E-state index in [1.807, 2.05) is 0 Å². The van der Waals surface area contributed by atoms with Crippen LogP contribution in [0.25, 0.3) is 0 Å². The molecule has 1 nitrogen and oxygen atoms in total. The Balaban J connectivity index is 3.79. The first-order chi connectivity index (χ1) is 12.7. The van der Waals surface area contributed by atoms with Crippen molar-refractivity contribution in [3.63, 3.8) is 0 Å². The number of hydrogen-bond acceptors (Lipinski definition) is 0. The first-order valence-electron chi connectivity index (χ1n) is 12.6. The molecule has 0 aliphatic rings. The van der Waals surface area contributed by atoms with Gasteiger partial charge in [0.2, 0.25) is 0 Å². The Kier molecular flexibility index (Phi) is 19.7. The Hall–Kier alpha value is -0.0400. The lowest BCUT2D eigenvalue weighted by molar-refractivity contribution is -0.929. The summed E-state index contributed by atoms with van der Waals surface area (Å²) >= 11 is 0. The standard InChI is InChI=1S/C25H54N/c1-5-9-12-13-14-15-16-17-18-19-20-21-25-26(22-8-4,23-10-6-2)24-11-7-3/h5-25H2,1-4H3/q+1. The fourth-order valence-electron chi connectivity index (χ4n) is 4.42. The maximum Gasteiger partial charge on any atom is 0.0786 e. The van der Waals surface area contributed by atoms with Gasteiger partial charge in [-0.15, -0.1) is 0 Å². The third-order valence-electron chi connectivity index (χ3n) is 6.16. The second-order valence-electron chi connectivity index (χ2n) is 8.83. The van der Waals surface area contributed by atoms with Crippen molar-refractivity contribution >= 4 is 0 Å². The SMILES string of the molecule is CCCCCCCCCCCCCC[N+](CCC)(CCCC)CCCC. The second kappa shape index (κ2) is 19.7. The van der Waals surface area contributed by atoms with Crippen molar-refractivity contribution in [1.82, 2.24) is 0 Å². The van der Waals surface area contributed by atoms with Crippen LogP contribution >= 0.6 is 0 Å². The van der Waals surface area contributed by atoms with Crippen molar-refractivity contribution in [3.8, 4) is 0 Å². The minimum atomic E-state index is 1.35. The van der Waals surface area contributed by atoms with E-state index in [1.54, 1.807) is 0 Å². The fraction of sp³-hybridized carbons (Fsp3) is 1.00. The lowest BCUT2D eigenvalue weighted by Crippen LogP contribution is -2.50. The summed E-state index contributed by atoms with van der Waals surface area (Å²) in [4.78, 5) is 0. The van der Waals surface area contributed by atoms with Crippen LogP contribution in [0.3, 0.4) is 0 Å². The van der Waals surface area contributed by atoms with Gasteiger partial charge in [0.25, 0.3) is 0 Å². The molecule has 0 atom stereocenters. The highest BCUT2D eigenvalue weighted by Gasteiger charge is 2.24. The molecule has 0 aliphatic carbocycles. The maximum absolute atomic E-state index is 2.38. The van der Waals surface area contributed by atoms with Crippen LogP contribution in [0.4, 0.5) is 0 Å². The zero-order valence-electron chi connectivity index (χ0n) is 19.3. The summed E-state index contributed by atoms with van der Waals surface area (Å²) in [5.41, 5.74) is 0. The van der Waals surface area contributed by atoms with Crippen LogP contribution in [0.15, 0.2) is 0 Å². The number of rotatable bonds is 21. The van der Waals surface area contributed by atoms with Gasteiger partial charge in [0, 0.05) is 0 Å². The summed E-state index contributed by atoms with van der Waals surface area (Å²) in [6, 6.07) is 0. The highest BCUT2D eigenvalue weighted by Crippen LogP contribution is 2.17. The highest BCUT2D eigenvalue weighted by atomic mass is 15.3. The van der Waals surface area contributed by atoms with Crippen molar-refractivity contribution in [2.45, 2.75) is 137 Å². The van der Waals surface area contributed by atoms with Crippen LogP contribution < -0.4 is 0 Å². The Labute approximate surface area is 167 Å². The lowest BCUT2D eigenvalue weighted by atomic mass is 10.0. The average molecular weight is 369 g/mol. The molecule has 0 fully saturated rings. The van der Waals surface area contributed by atoms with Gasteiger partial charge < -0.3 is 4.48 Å². The smallest absolute Gasteiger partial charge is 0.0786 e. The summed E-state index contributed by atoms with van der Waals surface area (Å²) < 4.78 is 1.43. The third-order valence-corrected chi connectivity index (χ3v) is 6.16. The van der Waals surface area contributed by atoms with Crippen LogP contribution in [-0.2, 0) is 0 Å². The van der Waals surface area contributed by atoms with E-state index >= 15 is 0 Å². The molecule has 0 saturated carbocycles. The van der Waals surface area contributed by atoms with Crippen molar-refractivity contribution < 1.29 is 4.48 Å². The maximum atomic E-state index is 2.38. The van der Waals surface area contributed by atoms with Gasteiger partial charge in [0.15, 0.2) is 0 Å². The summed E-state index contributed by atoms with van der Waals surface area (Å²) in [5.74, 6) is 0. The van der Waals surface area contributed by atoms with Gasteiger partial charge in [0.05, 0.1) is 26.2 Å². The molecule has 0 spiro atoms. The first kappa shape index (κ1) is 26.0. The second-order valence-corrected chi connectivity index (χ2v) is 8.83. The molecule has 0 aromatic carbocycles. The van der Waals surface area contributed by atoms with Crippen molar-refractivity contribution in [2.24, 2.45) is 0 Å². The number of quaternary nitrogens is 1. The molecule has 0 N–H and O–H groups in total. The molecule has 0 rings (SSSR count). The molecule has 0 unspecified atom stereocenters. The summed E-state index contributed by atoms with van der Waals surface area (Å²) in [5, 5.41) is 0. The molecule has 1 heteroatoms. The van der Waals surface area contributed by atoms with Crippen LogP contribution in [0.1, 0.15) is 137 Å². The van der Waals surface area contributed by atoms with E-state index < -0.39 is 0 Å². The van der Waals surface area contributed by atoms with Crippen LogP contribution in [0, 0.1) is 0 Å². The number of hydrogen-bond donors (Lipinski definition) is 0. The molecule has 0 bridgehead atoms. The van der Waals surface area contributed by atoms with E-state index in [9.17, 15) is 0 Å². The minimum absolute atomic E-state index is 1.35. The van der Waals surface area contributed by atoms with E-state index in [-0.39, 0.29) is 0 Å². The van der Waals surface area contributed by atoms with E-state index in [0.29, 0.717) is 0 Å². The van der Waals surface area contributed by atoms with Crippen LogP contribution in [0.2, 0.25) is 0 Å². The van der Waals surface area contributed by atoms with Crippen molar-refractivity contribution in [2.75, 3.05) is 26.2 Å². The number of unbranched alkanes of at least 4 members (excludes halogenated alkanes) is 13. The van der Waals surface area contributed by atoms with E-state index in [1.165, 1.54) is 140 Å². The molecule has 158 valence electrons. The third kappa shape index (κ3) is 15.1. The van der Waals surface area contributed by atoms with Crippen molar-refractivity contribution in [1.29, 1.82) is 0 Å². The predicted octanol–water partition coefficient (Wildman–Crippen LogP) is 8.51. The van der Waals surface area contributed by atoms with Crippen molar-refractivity contribution in [3.05, 3.63) is 0 Å². The molecule has 0 amide bonds. The van der Waals surface area contributed by atoms with E-state index in [4.69, 9.17) is 0 Å². The molecular formula is C25H54N+. The zero-order valence-corrected chi connectivity index (χ0v) is 19.3. The Morgan fingerprint density at radius 2 is 0.654 bits per heavy atom. The minimum Gasteiger partial charge on any atom is -0.324 e. The van der Waals surface area contributed by atoms with Gasteiger partial charge in [-0.1, -0.05) is 105 Å². The topological polar surface area (TPSA) is 0 Å². The Bertz CT molecular complexity index is 253. The highest BCUT2D eigenvalue weighted by molar-refractivity contribution is 4.51. The monoisotopic (exact) mass is 368 g/mol. The Morgan fingerprint density at radius 3 is 1.04 bits per heavy atom. The summed E-state index contributed by atoms with van der Waals surface area (Å²) in [6.45, 7) is 15.1. The Morgan fingerprint density at radius 1 is 0.308 bits per heavy atom.